The number of nitrogens with zero attached hydrogens (tertiary/aromatic N) is 4. The van der Waals surface area contributed by atoms with Gasteiger partial charge in [-0.05, 0) is 42.5 Å². The zero-order chi connectivity index (χ0) is 24.7. The minimum Gasteiger partial charge on any atom is -0.486 e. The van der Waals surface area contributed by atoms with Gasteiger partial charge in [0.25, 0.3) is 0 Å². The molecule has 3 rings (SSSR count). The van der Waals surface area contributed by atoms with E-state index in [2.05, 4.69) is 30.6 Å². The smallest absolute Gasteiger partial charge is 0.342 e. The highest BCUT2D eigenvalue weighted by atomic mass is 79.9. The van der Waals surface area contributed by atoms with Crippen molar-refractivity contribution in [3.05, 3.63) is 75.2 Å². The van der Waals surface area contributed by atoms with Gasteiger partial charge in [-0.1, -0.05) is 27.5 Å². The Morgan fingerprint density at radius 3 is 2.47 bits per heavy atom. The summed E-state index contributed by atoms with van der Waals surface area (Å²) in [6.45, 7) is -0.443. The van der Waals surface area contributed by atoms with Crippen LogP contribution in [-0.4, -0.2) is 35.4 Å². The molecule has 1 unspecified atom stereocenters. The van der Waals surface area contributed by atoms with E-state index in [-0.39, 0.29) is 17.1 Å². The van der Waals surface area contributed by atoms with Crippen molar-refractivity contribution in [3.8, 4) is 29.4 Å². The molecule has 170 valence electrons. The molecule has 0 aliphatic rings. The zero-order valence-electron chi connectivity index (χ0n) is 17.5. The average molecular weight is 542 g/mol. The van der Waals surface area contributed by atoms with E-state index in [1.807, 2.05) is 0 Å². The Kier molecular flexibility index (Phi) is 8.14. The molecule has 0 aliphatic heterocycles. The van der Waals surface area contributed by atoms with Gasteiger partial charge in [-0.2, -0.15) is 10.5 Å². The first-order valence-electron chi connectivity index (χ1n) is 9.49. The number of ether oxygens (including phenoxy) is 3. The van der Waals surface area contributed by atoms with Crippen LogP contribution in [-0.2, 0) is 9.53 Å². The number of hydrogen-bond donors (Lipinski definition) is 0. The fourth-order valence-electron chi connectivity index (χ4n) is 2.68. The molecule has 0 saturated carbocycles. The van der Waals surface area contributed by atoms with Gasteiger partial charge >= 0.3 is 5.97 Å². The van der Waals surface area contributed by atoms with E-state index < -0.39 is 24.3 Å². The highest BCUT2D eigenvalue weighted by Crippen LogP contribution is 2.32. The lowest BCUT2D eigenvalue weighted by Gasteiger charge is -2.11. The highest BCUT2D eigenvalue weighted by Gasteiger charge is 2.26. The molecule has 0 N–H and O–H groups in total. The fourth-order valence-corrected chi connectivity index (χ4v) is 3.39. The van der Waals surface area contributed by atoms with Crippen LogP contribution in [0.1, 0.15) is 27.8 Å². The molecule has 1 aromatic heterocycles. The van der Waals surface area contributed by atoms with Crippen molar-refractivity contribution in [1.29, 1.82) is 10.5 Å². The molecular weight excluding hydrogens is 528 g/mol. The Morgan fingerprint density at radius 2 is 1.85 bits per heavy atom. The number of aromatic nitrogens is 2. The first kappa shape index (κ1) is 24.6. The lowest BCUT2D eigenvalue weighted by molar-refractivity contribution is -0.121. The molecule has 9 nitrogen and oxygen atoms in total. The number of methoxy groups -OCH3 is 1. The Bertz CT molecular complexity index is 1320. The number of halogens is 2. The van der Waals surface area contributed by atoms with Crippen LogP contribution in [0.5, 0.6) is 17.2 Å². The Hall–Kier alpha value is -3.99. The highest BCUT2D eigenvalue weighted by molar-refractivity contribution is 9.10. The van der Waals surface area contributed by atoms with E-state index in [9.17, 15) is 20.1 Å². The zero-order valence-corrected chi connectivity index (χ0v) is 19.8. The summed E-state index contributed by atoms with van der Waals surface area (Å²) in [5.41, 5.74) is -0.465. The topological polar surface area (TPSA) is 135 Å². The number of esters is 1. The average Bonchev–Trinajstić information content (AvgIpc) is 2.85. The lowest BCUT2D eigenvalue weighted by Crippen LogP contribution is -2.22. The molecule has 2 aromatic carbocycles. The Morgan fingerprint density at radius 1 is 1.15 bits per heavy atom. The molecule has 0 aliphatic carbocycles. The first-order chi connectivity index (χ1) is 16.4. The van der Waals surface area contributed by atoms with Crippen LogP contribution in [0.3, 0.4) is 0 Å². The molecule has 34 heavy (non-hydrogen) atoms. The van der Waals surface area contributed by atoms with Crippen molar-refractivity contribution in [3.63, 3.8) is 0 Å². The van der Waals surface area contributed by atoms with E-state index in [0.29, 0.717) is 22.3 Å². The van der Waals surface area contributed by atoms with Crippen LogP contribution in [0.25, 0.3) is 0 Å². The van der Waals surface area contributed by atoms with E-state index in [1.54, 1.807) is 54.6 Å². The summed E-state index contributed by atoms with van der Waals surface area (Å²) in [7, 11) is 1.14. The van der Waals surface area contributed by atoms with Crippen molar-refractivity contribution in [2.75, 3.05) is 13.7 Å². The fraction of sp³-hybridized carbons (Fsp3) is 0.130. The van der Waals surface area contributed by atoms with E-state index in [0.717, 1.165) is 17.8 Å². The SMILES string of the molecule is COC(=O)c1cnc(C(C#N)C(=O)COc2ccc(Oc3ccc(Br)cc3Cl)cc2)nc1C#N. The second-order valence-corrected chi connectivity index (χ2v) is 7.88. The normalized spacial score (nSPS) is 11.0. The summed E-state index contributed by atoms with van der Waals surface area (Å²) < 4.78 is 16.6. The molecule has 0 fully saturated rings. The van der Waals surface area contributed by atoms with Gasteiger partial charge in [-0.3, -0.25) is 4.79 Å². The van der Waals surface area contributed by atoms with Crippen molar-refractivity contribution >= 4 is 39.3 Å². The maximum atomic E-state index is 12.6. The molecule has 1 atom stereocenters. The summed E-state index contributed by atoms with van der Waals surface area (Å²) in [6, 6.07) is 15.2. The second-order valence-electron chi connectivity index (χ2n) is 6.56. The monoisotopic (exact) mass is 540 g/mol. The maximum absolute atomic E-state index is 12.6. The summed E-state index contributed by atoms with van der Waals surface area (Å²) in [6.07, 6.45) is 1.04. The lowest BCUT2D eigenvalue weighted by atomic mass is 10.1. The van der Waals surface area contributed by atoms with Crippen molar-refractivity contribution in [1.82, 2.24) is 9.97 Å². The number of Topliss-reactive ketones (excluding diaryl/α,β-unsaturated/α-hetero) is 1. The molecule has 0 amide bonds. The number of ketones is 1. The van der Waals surface area contributed by atoms with Crippen LogP contribution in [0.15, 0.2) is 53.1 Å². The predicted molar refractivity (Wildman–Crippen MR) is 123 cm³/mol. The van der Waals surface area contributed by atoms with Gasteiger partial charge in [0.1, 0.15) is 35.5 Å². The minimum atomic E-state index is -1.39. The van der Waals surface area contributed by atoms with Crippen LogP contribution in [0, 0.1) is 22.7 Å². The predicted octanol–water partition coefficient (Wildman–Crippen LogP) is 4.60. The molecular formula is C23H14BrClN4O5. The molecule has 0 spiro atoms. The van der Waals surface area contributed by atoms with Gasteiger partial charge in [-0.25, -0.2) is 14.8 Å². The van der Waals surface area contributed by atoms with Gasteiger partial charge in [0.15, 0.2) is 23.2 Å². The van der Waals surface area contributed by atoms with Crippen LogP contribution >= 0.6 is 27.5 Å². The standard InChI is InChI=1S/C23H14BrClN4O5/c1-32-23(31)17-11-28-22(29-19(17)10-27)16(9-26)20(30)12-33-14-3-5-15(6-4-14)34-21-7-2-13(24)8-18(21)25/h2-8,11,16H,12H2,1H3. The van der Waals surface area contributed by atoms with Crippen LogP contribution < -0.4 is 9.47 Å². The number of rotatable bonds is 8. The first-order valence-corrected chi connectivity index (χ1v) is 10.7. The van der Waals surface area contributed by atoms with Gasteiger partial charge in [-0.15, -0.1) is 0 Å². The number of hydrogen-bond acceptors (Lipinski definition) is 9. The summed E-state index contributed by atoms with van der Waals surface area (Å²) >= 11 is 9.47. The summed E-state index contributed by atoms with van der Waals surface area (Å²) in [4.78, 5) is 32.0. The van der Waals surface area contributed by atoms with E-state index in [4.69, 9.17) is 21.1 Å². The molecule has 11 heteroatoms. The number of nitriles is 2. The number of carbonyl (C=O) groups is 2. The molecule has 1 heterocycles. The third-order valence-corrected chi connectivity index (χ3v) is 5.14. The van der Waals surface area contributed by atoms with Gasteiger partial charge in [0.2, 0.25) is 0 Å². The summed E-state index contributed by atoms with van der Waals surface area (Å²) in [5.74, 6) is -1.70. The maximum Gasteiger partial charge on any atom is 0.342 e. The quantitative estimate of drug-likeness (QED) is 0.375. The third kappa shape index (κ3) is 5.87. The van der Waals surface area contributed by atoms with Crippen molar-refractivity contribution < 1.29 is 23.8 Å². The number of benzene rings is 2. The van der Waals surface area contributed by atoms with Crippen molar-refractivity contribution in [2.24, 2.45) is 0 Å². The second kappa shape index (κ2) is 11.2. The molecule has 0 saturated heterocycles. The van der Waals surface area contributed by atoms with Crippen LogP contribution in [0.2, 0.25) is 5.02 Å². The number of carbonyl (C=O) groups excluding carboxylic acids is 2. The largest absolute Gasteiger partial charge is 0.486 e. The Balaban J connectivity index is 1.65. The minimum absolute atomic E-state index is 0.166. The van der Waals surface area contributed by atoms with Gasteiger partial charge in [0.05, 0.1) is 18.2 Å². The van der Waals surface area contributed by atoms with E-state index >= 15 is 0 Å². The molecule has 3 aromatic rings. The molecule has 0 bridgehead atoms. The van der Waals surface area contributed by atoms with E-state index in [1.165, 1.54) is 0 Å². The molecule has 0 radical (unpaired) electrons. The van der Waals surface area contributed by atoms with Crippen LogP contribution in [0.4, 0.5) is 0 Å². The Labute approximate surface area is 207 Å². The summed E-state index contributed by atoms with van der Waals surface area (Å²) in [5, 5.41) is 19.1. The van der Waals surface area contributed by atoms with Gasteiger partial charge in [0, 0.05) is 10.7 Å². The van der Waals surface area contributed by atoms with Crippen molar-refractivity contribution in [2.45, 2.75) is 5.92 Å². The third-order valence-electron chi connectivity index (χ3n) is 4.35. The van der Waals surface area contributed by atoms with Gasteiger partial charge < -0.3 is 14.2 Å².